The number of aryl methyl sites for hydroxylation is 2. The van der Waals surface area contributed by atoms with Gasteiger partial charge in [-0.1, -0.05) is 96.4 Å². The minimum atomic E-state index is -4.37. The Hall–Kier alpha value is -6.44. The lowest BCUT2D eigenvalue weighted by atomic mass is 9.94. The van der Waals surface area contributed by atoms with Crippen molar-refractivity contribution in [1.82, 2.24) is 14.6 Å². The summed E-state index contributed by atoms with van der Waals surface area (Å²) in [7, 11) is -4.37. The highest BCUT2D eigenvalue weighted by atomic mass is 35.5. The van der Waals surface area contributed by atoms with Crippen molar-refractivity contribution in [2.24, 2.45) is 5.92 Å². The highest BCUT2D eigenvalue weighted by molar-refractivity contribution is 7.91. The number of nitrogens with zero attached hydrogens (tertiary/aromatic N) is 3. The number of hydrogen-bond acceptors (Lipinski definition) is 11. The van der Waals surface area contributed by atoms with E-state index < -0.39 is 40.1 Å². The van der Waals surface area contributed by atoms with Crippen molar-refractivity contribution in [1.29, 1.82) is 5.26 Å². The van der Waals surface area contributed by atoms with Gasteiger partial charge in [0.25, 0.3) is 10.0 Å². The number of hydrogen-bond donors (Lipinski definition) is 3. The van der Waals surface area contributed by atoms with E-state index in [9.17, 15) is 28.4 Å². The first-order valence-electron chi connectivity index (χ1n) is 22.6. The molecule has 13 nitrogen and oxygen atoms in total. The second kappa shape index (κ2) is 20.0. The molecule has 9 rings (SSSR count). The summed E-state index contributed by atoms with van der Waals surface area (Å²) < 4.78 is 49.7. The number of aliphatic carboxylic acids is 1. The number of rotatable bonds is 15. The number of halogens is 1. The minimum absolute atomic E-state index is 0.0116. The van der Waals surface area contributed by atoms with Gasteiger partial charge < -0.3 is 30.0 Å². The number of carboxylic acids is 1. The van der Waals surface area contributed by atoms with Gasteiger partial charge in [-0.05, 0) is 126 Å². The maximum atomic E-state index is 14.9. The predicted molar refractivity (Wildman–Crippen MR) is 260 cm³/mol. The van der Waals surface area contributed by atoms with Gasteiger partial charge in [-0.25, -0.2) is 18.2 Å². The SMILES string of the molecule is Cc1ccc(COc2ccc(C3COc4cc5c(cc4O3)CN(S(=O)(=O)c3sc(NCC4CCCC4)nc3C)[C@H](C(=O)N[C@@H](Cc3ccc(-c4ccc(C#N)cc4)cc3)C(=O)O)C5)cc2)cc1Cl. The van der Waals surface area contributed by atoms with E-state index in [4.69, 9.17) is 25.8 Å². The molecule has 1 amide bonds. The first kappa shape index (κ1) is 46.7. The molecular weight excluding hydrogens is 922 g/mol. The van der Waals surface area contributed by atoms with Crippen LogP contribution in [0.15, 0.2) is 107 Å². The van der Waals surface area contributed by atoms with Crippen molar-refractivity contribution in [2.75, 3.05) is 18.5 Å². The number of aromatic nitrogens is 1. The zero-order chi connectivity index (χ0) is 47.5. The number of carbonyl (C=O) groups is 2. The van der Waals surface area contributed by atoms with Gasteiger partial charge in [0, 0.05) is 24.5 Å². The fourth-order valence-electron chi connectivity index (χ4n) is 8.96. The average Bonchev–Trinajstić information content (AvgIpc) is 4.02. The number of carboxylic acid groups (broad SMARTS) is 1. The molecule has 1 aliphatic carbocycles. The maximum absolute atomic E-state index is 14.9. The molecule has 350 valence electrons. The lowest BCUT2D eigenvalue weighted by molar-refractivity contribution is -0.142. The smallest absolute Gasteiger partial charge is 0.326 e. The third-order valence-corrected chi connectivity index (χ3v) is 16.8. The molecule has 6 aromatic rings. The quantitative estimate of drug-likeness (QED) is 0.0892. The van der Waals surface area contributed by atoms with E-state index in [1.165, 1.54) is 12.8 Å². The van der Waals surface area contributed by atoms with Crippen molar-refractivity contribution < 1.29 is 37.3 Å². The summed E-state index contributed by atoms with van der Waals surface area (Å²) in [5, 5.41) is 26.8. The molecule has 0 radical (unpaired) electrons. The summed E-state index contributed by atoms with van der Waals surface area (Å²) in [4.78, 5) is 31.8. The highest BCUT2D eigenvalue weighted by Gasteiger charge is 2.43. The van der Waals surface area contributed by atoms with Crippen LogP contribution in [-0.4, -0.2) is 59.9 Å². The Morgan fingerprint density at radius 2 is 1.63 bits per heavy atom. The third-order valence-electron chi connectivity index (χ3n) is 12.9. The largest absolute Gasteiger partial charge is 0.489 e. The summed E-state index contributed by atoms with van der Waals surface area (Å²) in [6.07, 6.45) is 4.00. The van der Waals surface area contributed by atoms with Crippen LogP contribution in [-0.2, 0) is 45.6 Å². The lowest BCUT2D eigenvalue weighted by Gasteiger charge is -2.36. The van der Waals surface area contributed by atoms with E-state index in [2.05, 4.69) is 21.7 Å². The van der Waals surface area contributed by atoms with Gasteiger partial charge in [0.2, 0.25) is 5.91 Å². The molecule has 1 fully saturated rings. The van der Waals surface area contributed by atoms with Crippen LogP contribution in [0.5, 0.6) is 17.2 Å². The van der Waals surface area contributed by atoms with Crippen molar-refractivity contribution in [3.05, 3.63) is 153 Å². The van der Waals surface area contributed by atoms with Crippen LogP contribution >= 0.6 is 22.9 Å². The van der Waals surface area contributed by atoms with Gasteiger partial charge in [-0.2, -0.15) is 9.57 Å². The van der Waals surface area contributed by atoms with E-state index in [1.54, 1.807) is 43.3 Å². The average molecular weight is 973 g/mol. The molecule has 3 aliphatic rings. The van der Waals surface area contributed by atoms with Gasteiger partial charge >= 0.3 is 5.97 Å². The maximum Gasteiger partial charge on any atom is 0.326 e. The van der Waals surface area contributed by atoms with E-state index in [0.29, 0.717) is 74.4 Å². The fourth-order valence-corrected chi connectivity index (χ4v) is 12.3. The molecule has 0 spiro atoms. The Kier molecular flexibility index (Phi) is 13.7. The number of nitrogens with one attached hydrogen (secondary N) is 2. The van der Waals surface area contributed by atoms with Crippen LogP contribution in [0.25, 0.3) is 11.1 Å². The molecule has 1 unspecified atom stereocenters. The summed E-state index contributed by atoms with van der Waals surface area (Å²) in [6.45, 7) is 4.66. The second-order valence-corrected chi connectivity index (χ2v) is 21.1. The van der Waals surface area contributed by atoms with E-state index >= 15 is 0 Å². The molecular formula is C52H50ClN5O8S2. The molecule has 3 heterocycles. The third kappa shape index (κ3) is 10.3. The number of carbonyl (C=O) groups excluding carboxylic acids is 1. The molecule has 3 atom stereocenters. The van der Waals surface area contributed by atoms with Gasteiger partial charge in [0.1, 0.15) is 31.0 Å². The number of benzene rings is 5. The minimum Gasteiger partial charge on any atom is -0.489 e. The van der Waals surface area contributed by atoms with Crippen LogP contribution in [0.1, 0.15) is 76.4 Å². The molecule has 2 aliphatic heterocycles. The molecule has 5 aromatic carbocycles. The van der Waals surface area contributed by atoms with Gasteiger partial charge in [0.05, 0.1) is 17.3 Å². The van der Waals surface area contributed by atoms with Crippen LogP contribution < -0.4 is 24.8 Å². The van der Waals surface area contributed by atoms with E-state index in [0.717, 1.165) is 56.3 Å². The first-order valence-corrected chi connectivity index (χ1v) is 25.2. The Morgan fingerprint density at radius 1 is 0.941 bits per heavy atom. The normalized spacial score (nSPS) is 17.4. The number of sulfonamides is 1. The monoisotopic (exact) mass is 971 g/mol. The van der Waals surface area contributed by atoms with Crippen molar-refractivity contribution in [2.45, 2.75) is 87.9 Å². The summed E-state index contributed by atoms with van der Waals surface area (Å²) in [5.41, 5.74) is 7.38. The van der Waals surface area contributed by atoms with Crippen molar-refractivity contribution in [3.8, 4) is 34.4 Å². The number of ether oxygens (including phenoxy) is 3. The van der Waals surface area contributed by atoms with Gasteiger partial charge in [0.15, 0.2) is 26.9 Å². The standard InChI is InChI=1S/C52H50ClN5O8S2/c1-31-7-8-36(21-43(31)53)29-64-42-19-17-39(18-20-42)48-30-65-46-24-40-23-45(49(59)57-44(50(60)61)22-33-9-13-37(14-10-33)38-15-11-34(26-54)12-16-38)58(28-41(40)25-47(46)66-48)68(62,63)51-32(2)56-52(67-51)55-27-35-5-3-4-6-35/h7-21,24-25,35,44-45,48H,3-6,22-23,27-30H2,1-2H3,(H,55,56)(H,57,59)(H,60,61)/t44-,45-,48?/m0/s1. The predicted octanol–water partition coefficient (Wildman–Crippen LogP) is 9.57. The number of thiazole rings is 1. The lowest BCUT2D eigenvalue weighted by Crippen LogP contribution is -2.55. The molecule has 68 heavy (non-hydrogen) atoms. The Bertz CT molecular complexity index is 2990. The number of nitriles is 1. The molecule has 0 saturated heterocycles. The molecule has 0 bridgehead atoms. The second-order valence-electron chi connectivity index (χ2n) is 17.6. The molecule has 3 N–H and O–H groups in total. The topological polar surface area (TPSA) is 180 Å². The Morgan fingerprint density at radius 3 is 2.32 bits per heavy atom. The van der Waals surface area contributed by atoms with Crippen LogP contribution in [0.3, 0.4) is 0 Å². The first-order chi connectivity index (χ1) is 32.8. The van der Waals surface area contributed by atoms with Crippen LogP contribution in [0.4, 0.5) is 5.13 Å². The Labute approximate surface area is 404 Å². The van der Waals surface area contributed by atoms with Gasteiger partial charge in [-0.15, -0.1) is 0 Å². The zero-order valence-electron chi connectivity index (χ0n) is 37.5. The Balaban J connectivity index is 0.948. The van der Waals surface area contributed by atoms with Crippen molar-refractivity contribution >= 4 is 50.0 Å². The highest BCUT2D eigenvalue weighted by Crippen LogP contribution is 2.43. The number of amides is 1. The molecule has 1 saturated carbocycles. The molecule has 16 heteroatoms. The summed E-state index contributed by atoms with van der Waals surface area (Å²) >= 11 is 7.33. The molecule has 1 aromatic heterocycles. The van der Waals surface area contributed by atoms with Gasteiger partial charge in [-0.3, -0.25) is 4.79 Å². The fraction of sp³-hybridized carbons (Fsp3) is 0.308. The summed E-state index contributed by atoms with van der Waals surface area (Å²) in [6, 6.07) is 30.8. The summed E-state index contributed by atoms with van der Waals surface area (Å²) in [5.74, 6) is 0.0482. The van der Waals surface area contributed by atoms with E-state index in [-0.39, 0.29) is 30.2 Å². The van der Waals surface area contributed by atoms with Crippen LogP contribution in [0, 0.1) is 31.1 Å². The number of anilines is 1. The van der Waals surface area contributed by atoms with Crippen LogP contribution in [0.2, 0.25) is 5.02 Å². The number of fused-ring (bicyclic) bond motifs is 2. The van der Waals surface area contributed by atoms with E-state index in [1.807, 2.05) is 73.7 Å². The zero-order valence-corrected chi connectivity index (χ0v) is 39.9. The van der Waals surface area contributed by atoms with Crippen molar-refractivity contribution in [3.63, 3.8) is 0 Å².